The molecule has 2 heterocycles. The van der Waals surface area contributed by atoms with Gasteiger partial charge in [0.25, 0.3) is 5.91 Å². The van der Waals surface area contributed by atoms with Crippen LogP contribution in [0.2, 0.25) is 0 Å². The standard InChI is InChI=1S/C18H23N3O3/c1-23-15-6-2-5-14-16(15)19-20-17(14)18(22)21-9-3-4-13(10-21)24-11-12-7-8-12/h2,5-6,12-13H,3-4,7-11H2,1H3,(H,19,20). The molecular weight excluding hydrogens is 306 g/mol. The number of hydrogen-bond acceptors (Lipinski definition) is 4. The molecule has 2 aliphatic rings. The molecule has 1 saturated heterocycles. The molecular formula is C18H23N3O3. The minimum atomic E-state index is -0.0331. The van der Waals surface area contributed by atoms with Crippen molar-refractivity contribution in [2.45, 2.75) is 31.8 Å². The summed E-state index contributed by atoms with van der Waals surface area (Å²) >= 11 is 0. The number of carbonyl (C=O) groups excluding carboxylic acids is 1. The van der Waals surface area contributed by atoms with Crippen LogP contribution in [0.5, 0.6) is 5.75 Å². The fourth-order valence-corrected chi connectivity index (χ4v) is 3.31. The number of aromatic amines is 1. The molecule has 6 heteroatoms. The van der Waals surface area contributed by atoms with Crippen LogP contribution in [0.3, 0.4) is 0 Å². The second-order valence-corrected chi connectivity index (χ2v) is 6.75. The molecule has 2 fully saturated rings. The number of fused-ring (bicyclic) bond motifs is 1. The molecule has 1 aliphatic heterocycles. The van der Waals surface area contributed by atoms with Crippen LogP contribution in [-0.4, -0.2) is 53.9 Å². The molecule has 6 nitrogen and oxygen atoms in total. The smallest absolute Gasteiger partial charge is 0.275 e. The van der Waals surface area contributed by atoms with Gasteiger partial charge in [0, 0.05) is 25.1 Å². The highest BCUT2D eigenvalue weighted by molar-refractivity contribution is 6.06. The predicted molar refractivity (Wildman–Crippen MR) is 90.2 cm³/mol. The molecule has 1 unspecified atom stereocenters. The summed E-state index contributed by atoms with van der Waals surface area (Å²) in [7, 11) is 1.61. The summed E-state index contributed by atoms with van der Waals surface area (Å²) in [6.45, 7) is 2.26. The molecule has 1 amide bonds. The van der Waals surface area contributed by atoms with Crippen LogP contribution in [0.1, 0.15) is 36.2 Å². The highest BCUT2D eigenvalue weighted by Crippen LogP contribution is 2.30. The van der Waals surface area contributed by atoms with Gasteiger partial charge in [-0.25, -0.2) is 0 Å². The summed E-state index contributed by atoms with van der Waals surface area (Å²) in [6.07, 6.45) is 4.74. The average molecular weight is 329 g/mol. The summed E-state index contributed by atoms with van der Waals surface area (Å²) in [5.41, 5.74) is 1.23. The first kappa shape index (κ1) is 15.4. The van der Waals surface area contributed by atoms with E-state index in [9.17, 15) is 4.79 Å². The van der Waals surface area contributed by atoms with Crippen LogP contribution < -0.4 is 4.74 Å². The van der Waals surface area contributed by atoms with Crippen LogP contribution in [0, 0.1) is 5.92 Å². The van der Waals surface area contributed by atoms with Crippen molar-refractivity contribution in [1.82, 2.24) is 15.1 Å². The van der Waals surface area contributed by atoms with Crippen molar-refractivity contribution in [3.05, 3.63) is 23.9 Å². The normalized spacial score (nSPS) is 21.2. The number of aromatic nitrogens is 2. The Labute approximate surface area is 141 Å². The van der Waals surface area contributed by atoms with Gasteiger partial charge in [-0.3, -0.25) is 9.89 Å². The van der Waals surface area contributed by atoms with E-state index in [4.69, 9.17) is 9.47 Å². The third-order valence-corrected chi connectivity index (χ3v) is 4.91. The van der Waals surface area contributed by atoms with Gasteiger partial charge in [-0.15, -0.1) is 0 Å². The zero-order chi connectivity index (χ0) is 16.5. The van der Waals surface area contributed by atoms with Crippen LogP contribution in [0.15, 0.2) is 18.2 Å². The largest absolute Gasteiger partial charge is 0.494 e. The van der Waals surface area contributed by atoms with Gasteiger partial charge >= 0.3 is 0 Å². The maximum atomic E-state index is 12.9. The average Bonchev–Trinajstić information content (AvgIpc) is 3.36. The van der Waals surface area contributed by atoms with Crippen LogP contribution >= 0.6 is 0 Å². The van der Waals surface area contributed by atoms with E-state index in [1.165, 1.54) is 12.8 Å². The zero-order valence-electron chi connectivity index (χ0n) is 14.0. The molecule has 1 aliphatic carbocycles. The molecule has 1 atom stereocenters. The number of para-hydroxylation sites is 1. The van der Waals surface area contributed by atoms with Gasteiger partial charge in [0.1, 0.15) is 11.3 Å². The number of nitrogens with zero attached hydrogens (tertiary/aromatic N) is 2. The topological polar surface area (TPSA) is 67.4 Å². The minimum Gasteiger partial charge on any atom is -0.494 e. The summed E-state index contributed by atoms with van der Waals surface area (Å²) in [4.78, 5) is 14.8. The number of ether oxygens (including phenoxy) is 2. The second kappa shape index (κ2) is 6.43. The molecule has 1 aromatic heterocycles. The lowest BCUT2D eigenvalue weighted by Gasteiger charge is -2.32. The maximum Gasteiger partial charge on any atom is 0.275 e. The Bertz CT molecular complexity index is 738. The van der Waals surface area contributed by atoms with Crippen molar-refractivity contribution in [1.29, 1.82) is 0 Å². The minimum absolute atomic E-state index is 0.0331. The number of methoxy groups -OCH3 is 1. The van der Waals surface area contributed by atoms with Gasteiger partial charge in [-0.05, 0) is 37.7 Å². The molecule has 0 bridgehead atoms. The van der Waals surface area contributed by atoms with E-state index in [1.807, 2.05) is 23.1 Å². The number of piperidine rings is 1. The molecule has 1 aromatic carbocycles. The molecule has 24 heavy (non-hydrogen) atoms. The van der Waals surface area contributed by atoms with Crippen molar-refractivity contribution in [3.8, 4) is 5.75 Å². The monoisotopic (exact) mass is 329 g/mol. The first-order chi connectivity index (χ1) is 11.8. The van der Waals surface area contributed by atoms with Crippen LogP contribution in [0.25, 0.3) is 10.9 Å². The zero-order valence-corrected chi connectivity index (χ0v) is 14.0. The van der Waals surface area contributed by atoms with Crippen molar-refractivity contribution in [2.24, 2.45) is 5.92 Å². The summed E-state index contributed by atoms with van der Waals surface area (Å²) in [5.74, 6) is 1.41. The van der Waals surface area contributed by atoms with Gasteiger partial charge in [0.05, 0.1) is 13.2 Å². The van der Waals surface area contributed by atoms with E-state index in [0.717, 1.165) is 42.8 Å². The third-order valence-electron chi connectivity index (χ3n) is 4.91. The molecule has 1 saturated carbocycles. The highest BCUT2D eigenvalue weighted by atomic mass is 16.5. The van der Waals surface area contributed by atoms with E-state index < -0.39 is 0 Å². The Hall–Kier alpha value is -2.08. The quantitative estimate of drug-likeness (QED) is 0.915. The number of amides is 1. The third kappa shape index (κ3) is 2.98. The number of benzene rings is 1. The number of H-pyrrole nitrogens is 1. The Kier molecular flexibility index (Phi) is 4.14. The van der Waals surface area contributed by atoms with E-state index in [-0.39, 0.29) is 12.0 Å². The second-order valence-electron chi connectivity index (χ2n) is 6.75. The summed E-state index contributed by atoms with van der Waals surface area (Å²) in [6, 6.07) is 5.64. The summed E-state index contributed by atoms with van der Waals surface area (Å²) < 4.78 is 11.3. The number of rotatable bonds is 5. The SMILES string of the molecule is COc1cccc2c(C(=O)N3CCCC(OCC4CC4)C3)n[nH]c12. The molecule has 1 N–H and O–H groups in total. The summed E-state index contributed by atoms with van der Waals surface area (Å²) in [5, 5.41) is 7.99. The van der Waals surface area contributed by atoms with E-state index in [2.05, 4.69) is 10.2 Å². The fraction of sp³-hybridized carbons (Fsp3) is 0.556. The van der Waals surface area contributed by atoms with Gasteiger partial charge in [0.15, 0.2) is 5.69 Å². The predicted octanol–water partition coefficient (Wildman–Crippen LogP) is 2.60. The highest BCUT2D eigenvalue weighted by Gasteiger charge is 2.29. The van der Waals surface area contributed by atoms with E-state index in [0.29, 0.717) is 18.0 Å². The van der Waals surface area contributed by atoms with Crippen molar-refractivity contribution < 1.29 is 14.3 Å². The molecule has 0 radical (unpaired) electrons. The maximum absolute atomic E-state index is 12.9. The lowest BCUT2D eigenvalue weighted by molar-refractivity contribution is -0.00253. The fourth-order valence-electron chi connectivity index (χ4n) is 3.31. The van der Waals surface area contributed by atoms with Crippen LogP contribution in [-0.2, 0) is 4.74 Å². The Morgan fingerprint density at radius 2 is 2.25 bits per heavy atom. The number of carbonyl (C=O) groups is 1. The molecule has 128 valence electrons. The Morgan fingerprint density at radius 1 is 1.38 bits per heavy atom. The van der Waals surface area contributed by atoms with Gasteiger partial charge in [-0.1, -0.05) is 12.1 Å². The van der Waals surface area contributed by atoms with Gasteiger partial charge in [-0.2, -0.15) is 5.10 Å². The number of hydrogen-bond donors (Lipinski definition) is 1. The number of likely N-dealkylation sites (tertiary alicyclic amines) is 1. The van der Waals surface area contributed by atoms with E-state index >= 15 is 0 Å². The molecule has 0 spiro atoms. The van der Waals surface area contributed by atoms with Gasteiger partial charge < -0.3 is 14.4 Å². The Morgan fingerprint density at radius 3 is 3.04 bits per heavy atom. The van der Waals surface area contributed by atoms with E-state index in [1.54, 1.807) is 7.11 Å². The lowest BCUT2D eigenvalue weighted by atomic mass is 10.1. The first-order valence-corrected chi connectivity index (χ1v) is 8.68. The lowest BCUT2D eigenvalue weighted by Crippen LogP contribution is -2.43. The van der Waals surface area contributed by atoms with Crippen LogP contribution in [0.4, 0.5) is 0 Å². The number of nitrogens with one attached hydrogen (secondary N) is 1. The molecule has 4 rings (SSSR count). The van der Waals surface area contributed by atoms with Crippen molar-refractivity contribution >= 4 is 16.8 Å². The molecule has 2 aromatic rings. The van der Waals surface area contributed by atoms with Gasteiger partial charge in [0.2, 0.25) is 0 Å². The first-order valence-electron chi connectivity index (χ1n) is 8.68. The van der Waals surface area contributed by atoms with Crippen molar-refractivity contribution in [3.63, 3.8) is 0 Å². The Balaban J connectivity index is 1.50. The van der Waals surface area contributed by atoms with Crippen molar-refractivity contribution in [2.75, 3.05) is 26.8 Å².